The molecule has 0 bridgehead atoms. The number of rotatable bonds is 3. The van der Waals surface area contributed by atoms with Crippen molar-refractivity contribution in [2.24, 2.45) is 0 Å². The molecule has 0 aliphatic heterocycles. The van der Waals surface area contributed by atoms with E-state index in [-0.39, 0.29) is 12.1 Å². The third-order valence-electron chi connectivity index (χ3n) is 3.20. The number of nitrogens with one attached hydrogen (secondary N) is 1. The Bertz CT molecular complexity index is 355. The Morgan fingerprint density at radius 2 is 2.13 bits per heavy atom. The molecule has 1 fully saturated rings. The van der Waals surface area contributed by atoms with Crippen LogP contribution in [0.4, 0.5) is 5.82 Å². The highest BCUT2D eigenvalue weighted by molar-refractivity contribution is 5.38. The Morgan fingerprint density at radius 1 is 1.40 bits per heavy atom. The normalized spacial score (nSPS) is 18.3. The Labute approximate surface area is 89.8 Å². The molecule has 1 saturated carbocycles. The predicted molar refractivity (Wildman–Crippen MR) is 58.8 cm³/mol. The quantitative estimate of drug-likeness (QED) is 0.787. The summed E-state index contributed by atoms with van der Waals surface area (Å²) in [5.74, 6) is 0.770. The maximum absolute atomic E-state index is 9.31. The monoisotopic (exact) mass is 207 g/mol. The highest BCUT2D eigenvalue weighted by Gasteiger charge is 2.36. The molecule has 0 aromatic carbocycles. The van der Waals surface area contributed by atoms with Gasteiger partial charge in [0.2, 0.25) is 0 Å². The van der Waals surface area contributed by atoms with Gasteiger partial charge in [-0.1, -0.05) is 0 Å². The van der Waals surface area contributed by atoms with Gasteiger partial charge in [-0.25, -0.2) is 4.98 Å². The smallest absolute Gasteiger partial charge is 0.145 e. The molecule has 0 atom stereocenters. The van der Waals surface area contributed by atoms with Crippen molar-refractivity contribution in [3.05, 3.63) is 17.6 Å². The third kappa shape index (κ3) is 1.95. The van der Waals surface area contributed by atoms with Crippen molar-refractivity contribution in [3.63, 3.8) is 0 Å². The van der Waals surface area contributed by atoms with Crippen molar-refractivity contribution < 1.29 is 5.11 Å². The van der Waals surface area contributed by atoms with Gasteiger partial charge in [-0.3, -0.25) is 4.98 Å². The number of aromatic nitrogens is 2. The third-order valence-corrected chi connectivity index (χ3v) is 3.20. The average Bonchev–Trinajstić information content (AvgIpc) is 2.17. The molecule has 1 aliphatic rings. The lowest BCUT2D eigenvalue weighted by atomic mass is 9.77. The first-order valence-electron chi connectivity index (χ1n) is 5.34. The van der Waals surface area contributed by atoms with Crippen LogP contribution in [0.15, 0.2) is 6.20 Å². The van der Waals surface area contributed by atoms with Crippen LogP contribution < -0.4 is 5.32 Å². The minimum atomic E-state index is -0.142. The SMILES string of the molecule is Cc1ncc(NC2(CO)CCC2)nc1C. The van der Waals surface area contributed by atoms with E-state index in [0.717, 1.165) is 30.0 Å². The van der Waals surface area contributed by atoms with Gasteiger partial charge in [0.25, 0.3) is 0 Å². The maximum atomic E-state index is 9.31. The number of aliphatic hydroxyl groups is 1. The first-order valence-corrected chi connectivity index (χ1v) is 5.34. The summed E-state index contributed by atoms with van der Waals surface area (Å²) in [4.78, 5) is 8.65. The first kappa shape index (κ1) is 10.4. The second kappa shape index (κ2) is 3.77. The molecule has 1 aliphatic carbocycles. The van der Waals surface area contributed by atoms with Crippen LogP contribution in [0.1, 0.15) is 30.7 Å². The van der Waals surface area contributed by atoms with Gasteiger partial charge in [0.1, 0.15) is 5.82 Å². The molecule has 15 heavy (non-hydrogen) atoms. The van der Waals surface area contributed by atoms with Crippen molar-refractivity contribution >= 4 is 5.82 Å². The minimum absolute atomic E-state index is 0.142. The Kier molecular flexibility index (Phi) is 2.61. The summed E-state index contributed by atoms with van der Waals surface area (Å²) < 4.78 is 0. The molecule has 0 unspecified atom stereocenters. The topological polar surface area (TPSA) is 58.0 Å². The van der Waals surface area contributed by atoms with Gasteiger partial charge in [-0.05, 0) is 33.1 Å². The van der Waals surface area contributed by atoms with Crippen LogP contribution in [-0.2, 0) is 0 Å². The van der Waals surface area contributed by atoms with E-state index in [9.17, 15) is 5.11 Å². The van der Waals surface area contributed by atoms with Crippen LogP contribution in [0.2, 0.25) is 0 Å². The number of nitrogens with zero attached hydrogens (tertiary/aromatic N) is 2. The fraction of sp³-hybridized carbons (Fsp3) is 0.636. The van der Waals surface area contributed by atoms with Crippen molar-refractivity contribution in [2.75, 3.05) is 11.9 Å². The summed E-state index contributed by atoms with van der Waals surface area (Å²) in [5, 5.41) is 12.6. The lowest BCUT2D eigenvalue weighted by molar-refractivity contribution is 0.143. The van der Waals surface area contributed by atoms with Gasteiger partial charge in [0.05, 0.1) is 29.7 Å². The molecule has 82 valence electrons. The molecule has 1 aromatic rings. The molecule has 4 nitrogen and oxygen atoms in total. The Hall–Kier alpha value is -1.16. The van der Waals surface area contributed by atoms with Crippen molar-refractivity contribution in [1.82, 2.24) is 9.97 Å². The molecule has 4 heteroatoms. The van der Waals surface area contributed by atoms with Gasteiger partial charge in [0.15, 0.2) is 0 Å². The van der Waals surface area contributed by atoms with Gasteiger partial charge in [-0.15, -0.1) is 0 Å². The summed E-state index contributed by atoms with van der Waals surface area (Å²) in [6.45, 7) is 4.05. The number of aliphatic hydroxyl groups excluding tert-OH is 1. The van der Waals surface area contributed by atoms with Crippen LogP contribution in [0.25, 0.3) is 0 Å². The summed E-state index contributed by atoms with van der Waals surface area (Å²) in [6.07, 6.45) is 4.93. The summed E-state index contributed by atoms with van der Waals surface area (Å²) >= 11 is 0. The van der Waals surface area contributed by atoms with E-state index in [2.05, 4.69) is 15.3 Å². The molecule has 0 amide bonds. The summed E-state index contributed by atoms with van der Waals surface area (Å²) in [5.41, 5.74) is 1.75. The molecule has 0 saturated heterocycles. The fourth-order valence-electron chi connectivity index (χ4n) is 1.80. The first-order chi connectivity index (χ1) is 7.15. The Balaban J connectivity index is 2.13. The molecule has 2 rings (SSSR count). The highest BCUT2D eigenvalue weighted by atomic mass is 16.3. The lowest BCUT2D eigenvalue weighted by Crippen LogP contribution is -2.48. The van der Waals surface area contributed by atoms with Gasteiger partial charge in [0, 0.05) is 0 Å². The van der Waals surface area contributed by atoms with Crippen molar-refractivity contribution in [3.8, 4) is 0 Å². The summed E-state index contributed by atoms with van der Waals surface area (Å²) in [6, 6.07) is 0. The lowest BCUT2D eigenvalue weighted by Gasteiger charge is -2.41. The Morgan fingerprint density at radius 3 is 2.60 bits per heavy atom. The zero-order valence-corrected chi connectivity index (χ0v) is 9.25. The standard InChI is InChI=1S/C11H17N3O/c1-8-9(2)13-10(6-12-8)14-11(7-15)4-3-5-11/h6,15H,3-5,7H2,1-2H3,(H,13,14). The largest absolute Gasteiger partial charge is 0.394 e. The fourth-order valence-corrected chi connectivity index (χ4v) is 1.80. The molecule has 0 radical (unpaired) electrons. The molecule has 1 aromatic heterocycles. The number of aryl methyl sites for hydroxylation is 2. The van der Waals surface area contributed by atoms with Gasteiger partial charge < -0.3 is 10.4 Å². The summed E-state index contributed by atoms with van der Waals surface area (Å²) in [7, 11) is 0. The van der Waals surface area contributed by atoms with Crippen LogP contribution in [0, 0.1) is 13.8 Å². The highest BCUT2D eigenvalue weighted by Crippen LogP contribution is 2.34. The van der Waals surface area contributed by atoms with Crippen molar-refractivity contribution in [1.29, 1.82) is 0 Å². The van der Waals surface area contributed by atoms with E-state index in [1.165, 1.54) is 6.42 Å². The number of anilines is 1. The van der Waals surface area contributed by atoms with E-state index in [4.69, 9.17) is 0 Å². The van der Waals surface area contributed by atoms with Gasteiger partial charge in [-0.2, -0.15) is 0 Å². The van der Waals surface area contributed by atoms with E-state index in [1.807, 2.05) is 13.8 Å². The van der Waals surface area contributed by atoms with E-state index >= 15 is 0 Å². The second-order valence-electron chi connectivity index (χ2n) is 4.34. The maximum Gasteiger partial charge on any atom is 0.145 e. The predicted octanol–water partition coefficient (Wildman–Crippen LogP) is 1.42. The number of hydrogen-bond acceptors (Lipinski definition) is 4. The van der Waals surface area contributed by atoms with E-state index < -0.39 is 0 Å². The minimum Gasteiger partial charge on any atom is -0.394 e. The zero-order chi connectivity index (χ0) is 10.9. The molecular formula is C11H17N3O. The zero-order valence-electron chi connectivity index (χ0n) is 9.25. The van der Waals surface area contributed by atoms with Crippen LogP contribution in [0.3, 0.4) is 0 Å². The van der Waals surface area contributed by atoms with E-state index in [0.29, 0.717) is 0 Å². The van der Waals surface area contributed by atoms with Crippen molar-refractivity contribution in [2.45, 2.75) is 38.6 Å². The molecule has 1 heterocycles. The second-order valence-corrected chi connectivity index (χ2v) is 4.34. The molecular weight excluding hydrogens is 190 g/mol. The van der Waals surface area contributed by atoms with Crippen LogP contribution >= 0.6 is 0 Å². The van der Waals surface area contributed by atoms with Gasteiger partial charge >= 0.3 is 0 Å². The molecule has 2 N–H and O–H groups in total. The van der Waals surface area contributed by atoms with Crippen LogP contribution in [0.5, 0.6) is 0 Å². The number of hydrogen-bond donors (Lipinski definition) is 2. The van der Waals surface area contributed by atoms with Crippen LogP contribution in [-0.4, -0.2) is 27.2 Å². The molecule has 0 spiro atoms. The average molecular weight is 207 g/mol. The van der Waals surface area contributed by atoms with E-state index in [1.54, 1.807) is 6.20 Å².